The van der Waals surface area contributed by atoms with Crippen molar-refractivity contribution in [2.45, 2.75) is 32.9 Å². The van der Waals surface area contributed by atoms with Gasteiger partial charge in [0, 0.05) is 19.0 Å². The Kier molecular flexibility index (Phi) is 9.91. The molecule has 1 amide bonds. The van der Waals surface area contributed by atoms with Gasteiger partial charge in [0.1, 0.15) is 0 Å². The summed E-state index contributed by atoms with van der Waals surface area (Å²) in [5, 5.41) is 5.95. The lowest BCUT2D eigenvalue weighted by Gasteiger charge is -2.14. The second-order valence-corrected chi connectivity index (χ2v) is 5.34. The monoisotopic (exact) mass is 352 g/mol. The van der Waals surface area contributed by atoms with E-state index >= 15 is 0 Å². The van der Waals surface area contributed by atoms with E-state index < -0.39 is 11.7 Å². The van der Waals surface area contributed by atoms with Crippen LogP contribution in [0.25, 0.3) is 0 Å². The van der Waals surface area contributed by atoms with Gasteiger partial charge in [-0.1, -0.05) is 32.0 Å². The Morgan fingerprint density at radius 3 is 2.52 bits per heavy atom. The summed E-state index contributed by atoms with van der Waals surface area (Å²) >= 11 is 0. The largest absolute Gasteiger partial charge is 0.416 e. The SMILES string of the molecule is CCCNCCNC(=O)C(C)Cc1cccc(C(F)(F)F)c1.Cl. The van der Waals surface area contributed by atoms with Crippen molar-refractivity contribution in [2.24, 2.45) is 5.92 Å². The fourth-order valence-corrected chi connectivity index (χ4v) is 2.07. The minimum atomic E-state index is -4.35. The topological polar surface area (TPSA) is 41.1 Å². The molecule has 1 atom stereocenters. The highest BCUT2D eigenvalue weighted by Crippen LogP contribution is 2.29. The first kappa shape index (κ1) is 21.7. The molecule has 0 saturated heterocycles. The Balaban J connectivity index is 0.00000484. The maximum atomic E-state index is 12.6. The number of hydrogen-bond donors (Lipinski definition) is 2. The van der Waals surface area contributed by atoms with E-state index in [4.69, 9.17) is 0 Å². The van der Waals surface area contributed by atoms with E-state index in [2.05, 4.69) is 17.6 Å². The molecule has 132 valence electrons. The number of rotatable bonds is 8. The zero-order valence-corrected chi connectivity index (χ0v) is 14.2. The predicted molar refractivity (Wildman–Crippen MR) is 87.7 cm³/mol. The highest BCUT2D eigenvalue weighted by molar-refractivity contribution is 5.85. The molecule has 0 radical (unpaired) electrons. The molecule has 0 aromatic heterocycles. The number of halogens is 4. The van der Waals surface area contributed by atoms with Crippen molar-refractivity contribution in [1.82, 2.24) is 10.6 Å². The first-order chi connectivity index (χ1) is 10.3. The summed E-state index contributed by atoms with van der Waals surface area (Å²) in [7, 11) is 0. The minimum Gasteiger partial charge on any atom is -0.355 e. The Morgan fingerprint density at radius 2 is 1.91 bits per heavy atom. The molecule has 3 nitrogen and oxygen atoms in total. The van der Waals surface area contributed by atoms with Crippen molar-refractivity contribution < 1.29 is 18.0 Å². The molecule has 0 spiro atoms. The highest BCUT2D eigenvalue weighted by atomic mass is 35.5. The lowest BCUT2D eigenvalue weighted by atomic mass is 9.98. The average Bonchev–Trinajstić information content (AvgIpc) is 2.46. The zero-order valence-electron chi connectivity index (χ0n) is 13.4. The molecule has 0 aliphatic rings. The van der Waals surface area contributed by atoms with Gasteiger partial charge in [0.15, 0.2) is 0 Å². The van der Waals surface area contributed by atoms with Gasteiger partial charge in [-0.25, -0.2) is 0 Å². The molecule has 0 heterocycles. The lowest BCUT2D eigenvalue weighted by Crippen LogP contribution is -2.35. The smallest absolute Gasteiger partial charge is 0.355 e. The number of amides is 1. The van der Waals surface area contributed by atoms with Crippen LogP contribution in [0.3, 0.4) is 0 Å². The average molecular weight is 353 g/mol. The van der Waals surface area contributed by atoms with Crippen LogP contribution in [-0.4, -0.2) is 25.5 Å². The highest BCUT2D eigenvalue weighted by Gasteiger charge is 2.30. The van der Waals surface area contributed by atoms with Gasteiger partial charge in [-0.05, 0) is 31.0 Å². The number of alkyl halides is 3. The minimum absolute atomic E-state index is 0. The van der Waals surface area contributed by atoms with Crippen molar-refractivity contribution in [3.63, 3.8) is 0 Å². The molecule has 0 saturated carbocycles. The van der Waals surface area contributed by atoms with E-state index in [9.17, 15) is 18.0 Å². The summed E-state index contributed by atoms with van der Waals surface area (Å²) in [4.78, 5) is 11.9. The van der Waals surface area contributed by atoms with Crippen LogP contribution in [0.15, 0.2) is 24.3 Å². The first-order valence-electron chi connectivity index (χ1n) is 7.49. The number of benzene rings is 1. The van der Waals surface area contributed by atoms with Crippen LogP contribution in [0.5, 0.6) is 0 Å². The Hall–Kier alpha value is -1.27. The van der Waals surface area contributed by atoms with E-state index in [1.807, 2.05) is 0 Å². The third kappa shape index (κ3) is 8.23. The lowest BCUT2D eigenvalue weighted by molar-refractivity contribution is -0.137. The summed E-state index contributed by atoms with van der Waals surface area (Å²) < 4.78 is 37.9. The molecule has 1 unspecified atom stereocenters. The van der Waals surface area contributed by atoms with Gasteiger partial charge in [0.05, 0.1) is 5.56 Å². The molecule has 23 heavy (non-hydrogen) atoms. The molecular formula is C16H24ClF3N2O. The van der Waals surface area contributed by atoms with Crippen molar-refractivity contribution in [3.05, 3.63) is 35.4 Å². The molecule has 0 fully saturated rings. The molecule has 7 heteroatoms. The summed E-state index contributed by atoms with van der Waals surface area (Å²) in [5.74, 6) is -0.509. The third-order valence-electron chi connectivity index (χ3n) is 3.27. The fraction of sp³-hybridized carbons (Fsp3) is 0.562. The van der Waals surface area contributed by atoms with Crippen LogP contribution < -0.4 is 10.6 Å². The quantitative estimate of drug-likeness (QED) is 0.704. The van der Waals surface area contributed by atoms with Crippen molar-refractivity contribution in [1.29, 1.82) is 0 Å². The predicted octanol–water partition coefficient (Wildman–Crippen LogP) is 3.42. The normalized spacial score (nSPS) is 12.4. The fourth-order valence-electron chi connectivity index (χ4n) is 2.07. The van der Waals surface area contributed by atoms with E-state index in [0.717, 1.165) is 25.1 Å². The Morgan fingerprint density at radius 1 is 1.22 bits per heavy atom. The van der Waals surface area contributed by atoms with E-state index in [0.29, 0.717) is 18.7 Å². The van der Waals surface area contributed by atoms with Crippen LogP contribution in [0.2, 0.25) is 0 Å². The molecule has 2 N–H and O–H groups in total. The maximum Gasteiger partial charge on any atom is 0.416 e. The molecule has 0 aliphatic carbocycles. The molecule has 1 aromatic carbocycles. The standard InChI is InChI=1S/C16H23F3N2O.ClH/c1-3-7-20-8-9-21-15(22)12(2)10-13-5-4-6-14(11-13)16(17,18)19;/h4-6,11-12,20H,3,7-10H2,1-2H3,(H,21,22);1H. The number of hydrogen-bond acceptors (Lipinski definition) is 2. The molecular weight excluding hydrogens is 329 g/mol. The molecule has 1 aromatic rings. The summed E-state index contributed by atoms with van der Waals surface area (Å²) in [6.07, 6.45) is -3.04. The van der Waals surface area contributed by atoms with Gasteiger partial charge in [0.25, 0.3) is 0 Å². The third-order valence-corrected chi connectivity index (χ3v) is 3.27. The first-order valence-corrected chi connectivity index (χ1v) is 7.49. The van der Waals surface area contributed by atoms with E-state index in [-0.39, 0.29) is 30.7 Å². The second-order valence-electron chi connectivity index (χ2n) is 5.34. The van der Waals surface area contributed by atoms with Crippen LogP contribution >= 0.6 is 12.4 Å². The van der Waals surface area contributed by atoms with Crippen LogP contribution in [0, 0.1) is 5.92 Å². The molecule has 1 rings (SSSR count). The summed E-state index contributed by atoms with van der Waals surface area (Å²) in [6, 6.07) is 5.12. The Labute approximate surface area is 141 Å². The number of carbonyl (C=O) groups excluding carboxylic acids is 1. The van der Waals surface area contributed by atoms with Crippen molar-refractivity contribution in [2.75, 3.05) is 19.6 Å². The van der Waals surface area contributed by atoms with E-state index in [1.165, 1.54) is 6.07 Å². The van der Waals surface area contributed by atoms with Gasteiger partial charge in [-0.15, -0.1) is 12.4 Å². The van der Waals surface area contributed by atoms with Gasteiger partial charge in [-0.3, -0.25) is 4.79 Å². The summed E-state index contributed by atoms with van der Waals surface area (Å²) in [5.41, 5.74) is -0.164. The van der Waals surface area contributed by atoms with Crippen molar-refractivity contribution in [3.8, 4) is 0 Å². The molecule has 0 bridgehead atoms. The van der Waals surface area contributed by atoms with Crippen molar-refractivity contribution >= 4 is 18.3 Å². The molecule has 0 aliphatic heterocycles. The zero-order chi connectivity index (χ0) is 16.6. The van der Waals surface area contributed by atoms with Gasteiger partial charge >= 0.3 is 6.18 Å². The van der Waals surface area contributed by atoms with Crippen LogP contribution in [0.4, 0.5) is 13.2 Å². The van der Waals surface area contributed by atoms with Gasteiger partial charge < -0.3 is 10.6 Å². The van der Waals surface area contributed by atoms with E-state index in [1.54, 1.807) is 13.0 Å². The maximum absolute atomic E-state index is 12.6. The van der Waals surface area contributed by atoms with Gasteiger partial charge in [0.2, 0.25) is 5.91 Å². The second kappa shape index (κ2) is 10.5. The Bertz CT molecular complexity index is 481. The summed E-state index contributed by atoms with van der Waals surface area (Å²) in [6.45, 7) is 5.88. The number of nitrogens with one attached hydrogen (secondary N) is 2. The van der Waals surface area contributed by atoms with Gasteiger partial charge in [-0.2, -0.15) is 13.2 Å². The van der Waals surface area contributed by atoms with Crippen LogP contribution in [-0.2, 0) is 17.4 Å². The van der Waals surface area contributed by atoms with Crippen LogP contribution in [0.1, 0.15) is 31.4 Å². The number of carbonyl (C=O) groups is 1.